The van der Waals surface area contributed by atoms with Gasteiger partial charge in [0.2, 0.25) is 5.95 Å². The number of anilines is 1. The molecule has 6 heteroatoms. The lowest BCUT2D eigenvalue weighted by atomic mass is 10.2. The standard InChI is InChI=1S/C14H21N5O/c1-10-5-11(7-15)17-14(16-10)19(3)8-12-6-13(20-4)9-18(12)2/h5,12-13H,6,8-9H2,1-4H3/t12-,13-/m0/s1. The van der Waals surface area contributed by atoms with Gasteiger partial charge in [-0.25, -0.2) is 9.97 Å². The molecule has 20 heavy (non-hydrogen) atoms. The fourth-order valence-corrected chi connectivity index (χ4v) is 2.59. The smallest absolute Gasteiger partial charge is 0.226 e. The molecule has 2 atom stereocenters. The van der Waals surface area contributed by atoms with E-state index in [4.69, 9.17) is 10.00 Å². The quantitative estimate of drug-likeness (QED) is 0.810. The first kappa shape index (κ1) is 14.7. The van der Waals surface area contributed by atoms with Crippen LogP contribution in [0.25, 0.3) is 0 Å². The molecule has 0 saturated carbocycles. The van der Waals surface area contributed by atoms with Gasteiger partial charge in [-0.3, -0.25) is 4.90 Å². The first-order chi connectivity index (χ1) is 9.53. The molecule has 0 aromatic carbocycles. The molecule has 0 radical (unpaired) electrons. The van der Waals surface area contributed by atoms with Crippen LogP contribution in [-0.2, 0) is 4.74 Å². The monoisotopic (exact) mass is 275 g/mol. The average Bonchev–Trinajstić information content (AvgIpc) is 2.78. The van der Waals surface area contributed by atoms with E-state index < -0.39 is 0 Å². The van der Waals surface area contributed by atoms with Gasteiger partial charge in [-0.1, -0.05) is 0 Å². The fraction of sp³-hybridized carbons (Fsp3) is 0.643. The number of methoxy groups -OCH3 is 1. The number of nitrogens with zero attached hydrogens (tertiary/aromatic N) is 5. The van der Waals surface area contributed by atoms with E-state index in [2.05, 4.69) is 28.0 Å². The van der Waals surface area contributed by atoms with E-state index in [1.807, 2.05) is 18.9 Å². The second kappa shape index (κ2) is 6.16. The van der Waals surface area contributed by atoms with Crippen molar-refractivity contribution < 1.29 is 4.74 Å². The van der Waals surface area contributed by atoms with Crippen LogP contribution in [0.5, 0.6) is 0 Å². The lowest BCUT2D eigenvalue weighted by molar-refractivity contribution is 0.111. The van der Waals surface area contributed by atoms with E-state index in [-0.39, 0.29) is 0 Å². The Bertz CT molecular complexity index is 513. The molecule has 0 N–H and O–H groups in total. The fourth-order valence-electron chi connectivity index (χ4n) is 2.59. The minimum atomic E-state index is 0.298. The van der Waals surface area contributed by atoms with Gasteiger partial charge >= 0.3 is 0 Å². The van der Waals surface area contributed by atoms with Crippen molar-refractivity contribution >= 4 is 5.95 Å². The molecule has 1 aromatic rings. The summed E-state index contributed by atoms with van der Waals surface area (Å²) in [5, 5.41) is 8.98. The third-order valence-electron chi connectivity index (χ3n) is 3.77. The normalized spacial score (nSPS) is 22.8. The molecule has 1 aliphatic rings. The highest BCUT2D eigenvalue weighted by Gasteiger charge is 2.30. The summed E-state index contributed by atoms with van der Waals surface area (Å²) in [5.41, 5.74) is 1.22. The molecule has 1 fully saturated rings. The van der Waals surface area contributed by atoms with Crippen molar-refractivity contribution in [3.8, 4) is 6.07 Å². The maximum Gasteiger partial charge on any atom is 0.226 e. The van der Waals surface area contributed by atoms with Crippen LogP contribution in [-0.4, -0.2) is 61.3 Å². The molecule has 108 valence electrons. The summed E-state index contributed by atoms with van der Waals surface area (Å²) in [6.45, 7) is 3.65. The maximum absolute atomic E-state index is 8.98. The Balaban J connectivity index is 2.07. The van der Waals surface area contributed by atoms with Gasteiger partial charge in [-0.15, -0.1) is 0 Å². The van der Waals surface area contributed by atoms with Gasteiger partial charge in [0, 0.05) is 39.0 Å². The van der Waals surface area contributed by atoms with E-state index in [0.717, 1.165) is 25.2 Å². The van der Waals surface area contributed by atoms with Gasteiger partial charge in [-0.2, -0.15) is 5.26 Å². The number of ether oxygens (including phenoxy) is 1. The molecule has 0 aliphatic carbocycles. The van der Waals surface area contributed by atoms with Crippen LogP contribution < -0.4 is 4.90 Å². The van der Waals surface area contributed by atoms with Gasteiger partial charge in [0.25, 0.3) is 0 Å². The number of hydrogen-bond acceptors (Lipinski definition) is 6. The molecular weight excluding hydrogens is 254 g/mol. The lowest BCUT2D eigenvalue weighted by Gasteiger charge is -2.25. The average molecular weight is 275 g/mol. The molecule has 1 saturated heterocycles. The van der Waals surface area contributed by atoms with Crippen LogP contribution >= 0.6 is 0 Å². The second-order valence-corrected chi connectivity index (χ2v) is 5.37. The number of rotatable bonds is 4. The first-order valence-electron chi connectivity index (χ1n) is 6.73. The SMILES string of the molecule is CO[C@H]1C[C@@H](CN(C)c2nc(C)cc(C#N)n2)N(C)C1. The van der Waals surface area contributed by atoms with Gasteiger partial charge in [-0.05, 0) is 26.5 Å². The highest BCUT2D eigenvalue weighted by molar-refractivity contribution is 5.35. The Morgan fingerprint density at radius 2 is 2.30 bits per heavy atom. The highest BCUT2D eigenvalue weighted by atomic mass is 16.5. The van der Waals surface area contributed by atoms with Crippen LogP contribution in [0.1, 0.15) is 17.8 Å². The van der Waals surface area contributed by atoms with Gasteiger partial charge in [0.1, 0.15) is 11.8 Å². The summed E-state index contributed by atoms with van der Waals surface area (Å²) in [6, 6.07) is 4.18. The van der Waals surface area contributed by atoms with Crippen LogP contribution in [0, 0.1) is 18.3 Å². The first-order valence-corrected chi connectivity index (χ1v) is 6.73. The third kappa shape index (κ3) is 3.24. The van der Waals surface area contributed by atoms with Crippen molar-refractivity contribution in [1.82, 2.24) is 14.9 Å². The van der Waals surface area contributed by atoms with Crippen molar-refractivity contribution in [3.05, 3.63) is 17.5 Å². The molecule has 0 unspecified atom stereocenters. The van der Waals surface area contributed by atoms with Crippen molar-refractivity contribution in [2.75, 3.05) is 39.2 Å². The van der Waals surface area contributed by atoms with E-state index in [1.54, 1.807) is 13.2 Å². The third-order valence-corrected chi connectivity index (χ3v) is 3.77. The zero-order chi connectivity index (χ0) is 14.7. The molecule has 1 aliphatic heterocycles. The molecule has 0 bridgehead atoms. The summed E-state index contributed by atoms with van der Waals surface area (Å²) in [7, 11) is 5.83. The number of aromatic nitrogens is 2. The minimum Gasteiger partial charge on any atom is -0.380 e. The van der Waals surface area contributed by atoms with Crippen molar-refractivity contribution in [1.29, 1.82) is 5.26 Å². The van der Waals surface area contributed by atoms with Crippen LogP contribution in [0.3, 0.4) is 0 Å². The van der Waals surface area contributed by atoms with Crippen LogP contribution in [0.15, 0.2) is 6.07 Å². The summed E-state index contributed by atoms with van der Waals surface area (Å²) < 4.78 is 5.42. The minimum absolute atomic E-state index is 0.298. The Labute approximate surface area is 120 Å². The topological polar surface area (TPSA) is 65.3 Å². The maximum atomic E-state index is 8.98. The van der Waals surface area contributed by atoms with Gasteiger partial charge in [0.15, 0.2) is 0 Å². The van der Waals surface area contributed by atoms with E-state index in [1.165, 1.54) is 0 Å². The molecule has 0 amide bonds. The van der Waals surface area contributed by atoms with Crippen LogP contribution in [0.4, 0.5) is 5.95 Å². The van der Waals surface area contributed by atoms with E-state index >= 15 is 0 Å². The Morgan fingerprint density at radius 3 is 2.90 bits per heavy atom. The second-order valence-electron chi connectivity index (χ2n) is 5.37. The Hall–Kier alpha value is -1.71. The van der Waals surface area contributed by atoms with Gasteiger partial charge in [0.05, 0.1) is 6.10 Å². The van der Waals surface area contributed by atoms with Crippen molar-refractivity contribution in [3.63, 3.8) is 0 Å². The summed E-state index contributed by atoms with van der Waals surface area (Å²) >= 11 is 0. The lowest BCUT2D eigenvalue weighted by Crippen LogP contribution is -2.37. The van der Waals surface area contributed by atoms with Crippen LogP contribution in [0.2, 0.25) is 0 Å². The number of hydrogen-bond donors (Lipinski definition) is 0. The van der Waals surface area contributed by atoms with E-state index in [0.29, 0.717) is 23.8 Å². The predicted octanol–water partition coefficient (Wildman–Crippen LogP) is 0.812. The number of likely N-dealkylation sites (tertiary alicyclic amines) is 1. The predicted molar refractivity (Wildman–Crippen MR) is 76.6 cm³/mol. The molecule has 2 heterocycles. The zero-order valence-corrected chi connectivity index (χ0v) is 12.5. The van der Waals surface area contributed by atoms with E-state index in [9.17, 15) is 0 Å². The van der Waals surface area contributed by atoms with Crippen molar-refractivity contribution in [2.45, 2.75) is 25.5 Å². The summed E-state index contributed by atoms with van der Waals surface area (Å²) in [5.74, 6) is 0.607. The highest BCUT2D eigenvalue weighted by Crippen LogP contribution is 2.20. The molecule has 2 rings (SSSR count). The molecule has 6 nitrogen and oxygen atoms in total. The number of likely N-dealkylation sites (N-methyl/N-ethyl adjacent to an activating group) is 2. The molecule has 1 aromatic heterocycles. The van der Waals surface area contributed by atoms with Gasteiger partial charge < -0.3 is 9.64 Å². The summed E-state index contributed by atoms with van der Waals surface area (Å²) in [6.07, 6.45) is 1.31. The zero-order valence-electron chi connectivity index (χ0n) is 12.5. The largest absolute Gasteiger partial charge is 0.380 e. The Kier molecular flexibility index (Phi) is 4.53. The number of nitriles is 1. The van der Waals surface area contributed by atoms with Crippen molar-refractivity contribution in [2.24, 2.45) is 0 Å². The molecule has 0 spiro atoms. The number of aryl methyl sites for hydroxylation is 1. The summed E-state index contributed by atoms with van der Waals surface area (Å²) in [4.78, 5) is 13.0. The molecular formula is C14H21N5O. The Morgan fingerprint density at radius 1 is 1.55 bits per heavy atom.